The number of amidine groups is 1. The lowest BCUT2D eigenvalue weighted by Gasteiger charge is -2.13. The molecule has 0 fully saturated rings. The molecule has 4 rings (SSSR count). The standard InChI is InChI=1S/C25H24N4O5/c1-13-5-10-20-21(14(13)2)17(12-28(20)15(3)25(33)34-4)11-19-22(26)27-29(23(19)30)18-8-6-16(7-9-18)24(31)32/h5-12,15H,1-4H3,(H2,26,27)(H,31,32). The van der Waals surface area contributed by atoms with Crippen LogP contribution in [0, 0.1) is 13.8 Å². The Morgan fingerprint density at radius 1 is 1.15 bits per heavy atom. The molecule has 3 N–H and O–H groups in total. The lowest BCUT2D eigenvalue weighted by Crippen LogP contribution is -2.22. The van der Waals surface area contributed by atoms with Crippen molar-refractivity contribution in [2.75, 3.05) is 12.1 Å². The summed E-state index contributed by atoms with van der Waals surface area (Å²) in [4.78, 5) is 36.5. The molecule has 1 aliphatic rings. The number of nitrogens with zero attached hydrogens (tertiary/aromatic N) is 3. The second-order valence-corrected chi connectivity index (χ2v) is 8.10. The third-order valence-corrected chi connectivity index (χ3v) is 6.08. The molecule has 0 spiro atoms. The number of nitrogens with two attached hydrogens (primary N) is 1. The van der Waals surface area contributed by atoms with Crippen LogP contribution in [0.1, 0.15) is 40.0 Å². The zero-order valence-electron chi connectivity index (χ0n) is 19.2. The van der Waals surface area contributed by atoms with Crippen LogP contribution in [0.4, 0.5) is 5.69 Å². The molecule has 3 aromatic rings. The van der Waals surface area contributed by atoms with Crippen molar-refractivity contribution in [2.24, 2.45) is 10.8 Å². The van der Waals surface area contributed by atoms with Gasteiger partial charge in [0.25, 0.3) is 5.91 Å². The summed E-state index contributed by atoms with van der Waals surface area (Å²) in [5.41, 5.74) is 10.4. The number of esters is 1. The molecule has 1 aliphatic heterocycles. The molecule has 0 bridgehead atoms. The Bertz CT molecular complexity index is 1400. The molecule has 2 aromatic carbocycles. The van der Waals surface area contributed by atoms with E-state index in [0.717, 1.165) is 32.6 Å². The van der Waals surface area contributed by atoms with E-state index in [-0.39, 0.29) is 22.9 Å². The number of aryl methyl sites for hydroxylation is 2. The van der Waals surface area contributed by atoms with Crippen LogP contribution in [-0.4, -0.2) is 40.5 Å². The van der Waals surface area contributed by atoms with Crippen molar-refractivity contribution in [3.05, 3.63) is 70.4 Å². The third-order valence-electron chi connectivity index (χ3n) is 6.08. The fourth-order valence-electron chi connectivity index (χ4n) is 4.02. The van der Waals surface area contributed by atoms with Crippen LogP contribution in [0.2, 0.25) is 0 Å². The molecule has 1 atom stereocenters. The lowest BCUT2D eigenvalue weighted by molar-refractivity contribution is -0.143. The van der Waals surface area contributed by atoms with E-state index >= 15 is 0 Å². The number of benzene rings is 2. The number of anilines is 1. The first-order valence-electron chi connectivity index (χ1n) is 10.6. The van der Waals surface area contributed by atoms with Gasteiger partial charge in [-0.3, -0.25) is 4.79 Å². The van der Waals surface area contributed by atoms with Gasteiger partial charge in [-0.05, 0) is 68.3 Å². The predicted molar refractivity (Wildman–Crippen MR) is 129 cm³/mol. The summed E-state index contributed by atoms with van der Waals surface area (Å²) < 4.78 is 6.74. The highest BCUT2D eigenvalue weighted by Crippen LogP contribution is 2.33. The van der Waals surface area contributed by atoms with E-state index in [1.54, 1.807) is 19.2 Å². The van der Waals surface area contributed by atoms with E-state index in [4.69, 9.17) is 15.6 Å². The number of carboxylic acid groups (broad SMARTS) is 1. The minimum absolute atomic E-state index is 0.0412. The van der Waals surface area contributed by atoms with E-state index < -0.39 is 17.9 Å². The minimum Gasteiger partial charge on any atom is -0.478 e. The summed E-state index contributed by atoms with van der Waals surface area (Å²) in [5.74, 6) is -1.85. The molecule has 0 radical (unpaired) electrons. The summed E-state index contributed by atoms with van der Waals surface area (Å²) in [5, 5.41) is 15.3. The second kappa shape index (κ2) is 8.51. The Balaban J connectivity index is 1.80. The van der Waals surface area contributed by atoms with Crippen molar-refractivity contribution in [3.63, 3.8) is 0 Å². The monoisotopic (exact) mass is 460 g/mol. The number of aromatic nitrogens is 1. The van der Waals surface area contributed by atoms with Crippen LogP contribution >= 0.6 is 0 Å². The quantitative estimate of drug-likeness (QED) is 0.444. The summed E-state index contributed by atoms with van der Waals surface area (Å²) >= 11 is 0. The molecule has 9 heteroatoms. The Kier molecular flexibility index (Phi) is 5.70. The molecule has 1 aromatic heterocycles. The van der Waals surface area contributed by atoms with Crippen LogP contribution < -0.4 is 10.7 Å². The summed E-state index contributed by atoms with van der Waals surface area (Å²) in [7, 11) is 1.34. The smallest absolute Gasteiger partial charge is 0.335 e. The Morgan fingerprint density at radius 2 is 1.82 bits per heavy atom. The highest BCUT2D eigenvalue weighted by molar-refractivity contribution is 6.32. The first-order chi connectivity index (χ1) is 16.1. The summed E-state index contributed by atoms with van der Waals surface area (Å²) in [6.07, 6.45) is 3.47. The van der Waals surface area contributed by atoms with Crippen molar-refractivity contribution in [3.8, 4) is 0 Å². The van der Waals surface area contributed by atoms with Gasteiger partial charge in [-0.2, -0.15) is 5.01 Å². The van der Waals surface area contributed by atoms with Crippen molar-refractivity contribution in [2.45, 2.75) is 26.8 Å². The van der Waals surface area contributed by atoms with E-state index in [2.05, 4.69) is 5.10 Å². The maximum Gasteiger partial charge on any atom is 0.335 e. The number of carboxylic acids is 1. The number of hydrogen-bond acceptors (Lipinski definition) is 6. The van der Waals surface area contributed by atoms with Crippen molar-refractivity contribution in [1.29, 1.82) is 0 Å². The number of aromatic carboxylic acids is 1. The Labute approximate surface area is 195 Å². The normalized spacial score (nSPS) is 15.6. The predicted octanol–water partition coefficient (Wildman–Crippen LogP) is 3.39. The summed E-state index contributed by atoms with van der Waals surface area (Å²) in [6, 6.07) is 9.13. The van der Waals surface area contributed by atoms with Gasteiger partial charge >= 0.3 is 11.9 Å². The largest absolute Gasteiger partial charge is 0.478 e. The number of fused-ring (bicyclic) bond motifs is 1. The van der Waals surface area contributed by atoms with Crippen molar-refractivity contribution in [1.82, 2.24) is 4.57 Å². The number of hydrazone groups is 1. The highest BCUT2D eigenvalue weighted by Gasteiger charge is 2.30. The summed E-state index contributed by atoms with van der Waals surface area (Å²) in [6.45, 7) is 5.72. The van der Waals surface area contributed by atoms with Gasteiger partial charge in [-0.1, -0.05) is 6.07 Å². The molecular weight excluding hydrogens is 436 g/mol. The van der Waals surface area contributed by atoms with Gasteiger partial charge in [-0.15, -0.1) is 5.10 Å². The topological polar surface area (TPSA) is 127 Å². The molecule has 9 nitrogen and oxygen atoms in total. The van der Waals surface area contributed by atoms with Gasteiger partial charge in [0.1, 0.15) is 6.04 Å². The van der Waals surface area contributed by atoms with Crippen LogP contribution in [0.25, 0.3) is 17.0 Å². The molecule has 34 heavy (non-hydrogen) atoms. The van der Waals surface area contributed by atoms with E-state index in [1.807, 2.05) is 30.5 Å². The fourth-order valence-corrected chi connectivity index (χ4v) is 4.02. The van der Waals surface area contributed by atoms with Crippen LogP contribution in [0.3, 0.4) is 0 Å². The molecule has 0 aliphatic carbocycles. The van der Waals surface area contributed by atoms with E-state index in [1.165, 1.54) is 31.4 Å². The van der Waals surface area contributed by atoms with Gasteiger partial charge in [0.05, 0.1) is 23.9 Å². The first kappa shape index (κ1) is 22.8. The molecular formula is C25H24N4O5. The van der Waals surface area contributed by atoms with Crippen LogP contribution in [0.15, 0.2) is 53.3 Å². The van der Waals surface area contributed by atoms with Crippen molar-refractivity contribution < 1.29 is 24.2 Å². The van der Waals surface area contributed by atoms with Gasteiger partial charge in [0, 0.05) is 22.7 Å². The van der Waals surface area contributed by atoms with Gasteiger partial charge in [0.15, 0.2) is 5.84 Å². The zero-order chi connectivity index (χ0) is 24.7. The third kappa shape index (κ3) is 3.71. The maximum atomic E-state index is 13.2. The number of ether oxygens (including phenoxy) is 1. The SMILES string of the molecule is COC(=O)C(C)n1cc(C=C2C(=O)N(c3ccc(C(=O)O)cc3)N=C2N)c2c(C)c(C)ccc21. The zero-order valence-corrected chi connectivity index (χ0v) is 19.2. The molecule has 2 heterocycles. The average molecular weight is 460 g/mol. The van der Waals surface area contributed by atoms with E-state index in [9.17, 15) is 14.4 Å². The van der Waals surface area contributed by atoms with Gasteiger partial charge in [0.2, 0.25) is 0 Å². The molecule has 174 valence electrons. The van der Waals surface area contributed by atoms with Crippen LogP contribution in [-0.2, 0) is 14.3 Å². The number of amides is 1. The molecule has 0 saturated carbocycles. The molecule has 0 saturated heterocycles. The highest BCUT2D eigenvalue weighted by atomic mass is 16.5. The number of rotatable bonds is 5. The maximum absolute atomic E-state index is 13.2. The van der Waals surface area contributed by atoms with Gasteiger partial charge < -0.3 is 20.1 Å². The Morgan fingerprint density at radius 3 is 2.44 bits per heavy atom. The number of hydrogen-bond donors (Lipinski definition) is 2. The lowest BCUT2D eigenvalue weighted by atomic mass is 10.0. The molecule has 1 unspecified atom stereocenters. The van der Waals surface area contributed by atoms with E-state index in [0.29, 0.717) is 5.69 Å². The number of carbonyl (C=O) groups is 3. The van der Waals surface area contributed by atoms with Crippen molar-refractivity contribution >= 4 is 46.3 Å². The average Bonchev–Trinajstić information content (AvgIpc) is 3.33. The number of methoxy groups -OCH3 is 1. The molecule has 1 amide bonds. The second-order valence-electron chi connectivity index (χ2n) is 8.10. The fraction of sp³-hybridized carbons (Fsp3) is 0.200. The van der Waals surface area contributed by atoms with Gasteiger partial charge in [-0.25, -0.2) is 9.59 Å². The Hall–Kier alpha value is -4.40. The number of carbonyl (C=O) groups excluding carboxylic acids is 2. The first-order valence-corrected chi connectivity index (χ1v) is 10.6. The van der Waals surface area contributed by atoms with Crippen LogP contribution in [0.5, 0.6) is 0 Å². The minimum atomic E-state index is -1.06.